The quantitative estimate of drug-likeness (QED) is 0.0479. The summed E-state index contributed by atoms with van der Waals surface area (Å²) >= 11 is 0. The molecule has 20 heteroatoms. The van der Waals surface area contributed by atoms with Crippen LogP contribution in [0.5, 0.6) is 11.5 Å². The predicted octanol–water partition coefficient (Wildman–Crippen LogP) is -9.02. The average molecular weight is 811 g/mol. The van der Waals surface area contributed by atoms with Crippen molar-refractivity contribution in [2.45, 2.75) is 85.3 Å². The second-order valence-electron chi connectivity index (χ2n) is 13.4. The van der Waals surface area contributed by atoms with Gasteiger partial charge in [0.05, 0.1) is 87.8 Å². The van der Waals surface area contributed by atoms with E-state index in [2.05, 4.69) is 17.8 Å². The number of rotatable bonds is 10. The first-order valence-corrected chi connectivity index (χ1v) is 19.5. The van der Waals surface area contributed by atoms with Gasteiger partial charge in [0.15, 0.2) is 0 Å². The van der Waals surface area contributed by atoms with Gasteiger partial charge >= 0.3 is 59.1 Å². The zero-order valence-electron chi connectivity index (χ0n) is 29.1. The molecule has 6 aliphatic carbocycles. The van der Waals surface area contributed by atoms with Crippen LogP contribution in [0.25, 0.3) is 0 Å². The second kappa shape index (κ2) is 17.3. The van der Waals surface area contributed by atoms with Gasteiger partial charge in [0.1, 0.15) is 11.5 Å². The van der Waals surface area contributed by atoms with Crippen molar-refractivity contribution in [2.24, 2.45) is 0 Å². The zero-order valence-corrected chi connectivity index (χ0v) is 34.8. The molecule has 0 aromatic heterocycles. The average Bonchev–Trinajstić information content (AvgIpc) is 3.06. The summed E-state index contributed by atoms with van der Waals surface area (Å²) in [6.07, 6.45) is -7.23. The molecule has 4 bridgehead atoms. The van der Waals surface area contributed by atoms with Crippen molar-refractivity contribution in [3.63, 3.8) is 0 Å². The van der Waals surface area contributed by atoms with E-state index in [4.69, 9.17) is 15.9 Å². The summed E-state index contributed by atoms with van der Waals surface area (Å²) in [7, 11) is -9.04. The fourth-order valence-corrected chi connectivity index (χ4v) is 9.12. The normalized spacial score (nSPS) is 31.8. The molecule has 282 valence electrons. The van der Waals surface area contributed by atoms with Crippen LogP contribution in [-0.4, -0.2) is 140 Å². The first-order valence-electron chi connectivity index (χ1n) is 16.3. The minimum absolute atomic E-state index is 0. The van der Waals surface area contributed by atoms with Gasteiger partial charge in [-0.3, -0.25) is 0 Å². The summed E-state index contributed by atoms with van der Waals surface area (Å²) < 4.78 is 77.7. The third kappa shape index (κ3) is 8.30. The van der Waals surface area contributed by atoms with Crippen LogP contribution < -0.4 is 68.6 Å². The van der Waals surface area contributed by atoms with Crippen LogP contribution in [0.4, 0.5) is 0 Å². The van der Waals surface area contributed by atoms with Crippen molar-refractivity contribution in [2.75, 3.05) is 24.7 Å². The van der Waals surface area contributed by atoms with E-state index in [1.807, 2.05) is 0 Å². The van der Waals surface area contributed by atoms with Gasteiger partial charge in [-0.15, -0.1) is 6.42 Å². The molecule has 16 nitrogen and oxygen atoms in total. The molecular formula is C34H36Na2O16S2. The second-order valence-corrected chi connectivity index (χ2v) is 16.5. The largest absolute Gasteiger partial charge is 1.00 e. The van der Waals surface area contributed by atoms with E-state index in [0.29, 0.717) is 0 Å². The van der Waals surface area contributed by atoms with Crippen LogP contribution in [0.15, 0.2) is 18.2 Å². The molecule has 0 heterocycles. The zero-order chi connectivity index (χ0) is 38.0. The van der Waals surface area contributed by atoms with Crippen LogP contribution in [0, 0.1) is 24.2 Å². The van der Waals surface area contributed by atoms with Gasteiger partial charge in [-0.1, -0.05) is 17.8 Å². The molecule has 8 unspecified atom stereocenters. The van der Waals surface area contributed by atoms with Gasteiger partial charge in [0.25, 0.3) is 0 Å². The predicted molar refractivity (Wildman–Crippen MR) is 175 cm³/mol. The molecule has 0 saturated heterocycles. The first kappa shape index (κ1) is 45.4. The number of benzene rings is 2. The van der Waals surface area contributed by atoms with Crippen molar-refractivity contribution in [3.8, 4) is 35.7 Å². The Balaban J connectivity index is 0.00000325. The van der Waals surface area contributed by atoms with Crippen molar-refractivity contribution in [3.05, 3.63) is 57.1 Å². The molecule has 8 N–H and O–H groups in total. The van der Waals surface area contributed by atoms with E-state index in [9.17, 15) is 66.8 Å². The molecule has 2 aromatic carbocycles. The summed E-state index contributed by atoms with van der Waals surface area (Å²) in [5.41, 5.74) is 0.604. The molecule has 2 aromatic rings. The number of hydrogen-bond donors (Lipinski definition) is 8. The molecule has 2 fully saturated rings. The van der Waals surface area contributed by atoms with Gasteiger partial charge in [0, 0.05) is 46.3 Å². The SMILES string of the molecule is C#Cc1c2c(c(C#Cc3cc(OCCCS(=O)(=O)[O-])ccc3OCCCS(=O)(=O)[O-])c3c1C1C(O)C(O)C3C(O)C1O)C1C(O)C(O)C2C(O)C1O.[Na+].[Na+]. The summed E-state index contributed by atoms with van der Waals surface area (Å²) in [5.74, 6) is 1.70. The summed E-state index contributed by atoms with van der Waals surface area (Å²) in [6.45, 7) is -0.424. The van der Waals surface area contributed by atoms with Crippen LogP contribution in [-0.2, 0) is 20.2 Å². The Morgan fingerprint density at radius 1 is 0.593 bits per heavy atom. The minimum Gasteiger partial charge on any atom is -0.748 e. The molecule has 8 atom stereocenters. The number of ether oxygens (including phenoxy) is 2. The smallest absolute Gasteiger partial charge is 0.748 e. The molecule has 6 aliphatic rings. The van der Waals surface area contributed by atoms with Gasteiger partial charge in [-0.05, 0) is 53.3 Å². The van der Waals surface area contributed by atoms with Crippen LogP contribution in [0.3, 0.4) is 0 Å². The first-order chi connectivity index (χ1) is 24.4. The molecule has 8 rings (SSSR count). The van der Waals surface area contributed by atoms with Gasteiger partial charge < -0.3 is 59.4 Å². The standard InChI is InChI=1S/C34H38O16S2.2Na/c1-2-16-19-21(25-31(39)27(35)23(19)28(36)32(25)40)17(22-20(16)24-29(37)33(41)26(22)34(42)30(24)38)7-5-14-13-15(49-9-3-11-51(43,44)45)6-8-18(14)50-10-4-12-52(46,47)48;;/h1,6,8,13,23-42H,3-4,9-12H2,(H,43,44,45)(H,46,47,48);;/q;2*+1/p-2. The summed E-state index contributed by atoms with van der Waals surface area (Å²) in [5, 5.41) is 88.8. The Morgan fingerprint density at radius 3 is 1.33 bits per heavy atom. The molecule has 0 radical (unpaired) electrons. The Bertz CT molecular complexity index is 1980. The molecule has 0 spiro atoms. The monoisotopic (exact) mass is 810 g/mol. The van der Waals surface area contributed by atoms with E-state index in [1.54, 1.807) is 0 Å². The maximum atomic E-state index is 11.2. The number of fused-ring (bicyclic) bond motifs is 4. The van der Waals surface area contributed by atoms with E-state index < -0.39 is 104 Å². The Hall–Kier alpha value is -1.34. The van der Waals surface area contributed by atoms with Gasteiger partial charge in [-0.2, -0.15) is 0 Å². The van der Waals surface area contributed by atoms with Crippen molar-refractivity contribution >= 4 is 20.2 Å². The van der Waals surface area contributed by atoms with Crippen LogP contribution in [0.1, 0.15) is 75.5 Å². The fourth-order valence-electron chi connectivity index (χ4n) is 8.17. The third-order valence-electron chi connectivity index (χ3n) is 10.4. The third-order valence-corrected chi connectivity index (χ3v) is 11.9. The summed E-state index contributed by atoms with van der Waals surface area (Å²) in [6, 6.07) is 4.19. The summed E-state index contributed by atoms with van der Waals surface area (Å²) in [4.78, 5) is 0. The minimum atomic E-state index is -4.54. The number of aliphatic hydroxyl groups is 8. The number of hydrogen-bond acceptors (Lipinski definition) is 16. The Kier molecular flexibility index (Phi) is 14.5. The van der Waals surface area contributed by atoms with Crippen LogP contribution >= 0.6 is 0 Å². The van der Waals surface area contributed by atoms with Crippen molar-refractivity contribution < 1.29 is 135 Å². The van der Waals surface area contributed by atoms with Gasteiger partial charge in [0.2, 0.25) is 0 Å². The van der Waals surface area contributed by atoms with E-state index in [1.165, 1.54) is 18.2 Å². The maximum absolute atomic E-state index is 11.2. The molecule has 0 amide bonds. The van der Waals surface area contributed by atoms with Crippen molar-refractivity contribution in [1.82, 2.24) is 0 Å². The topological polar surface area (TPSA) is 295 Å². The van der Waals surface area contributed by atoms with E-state index in [0.717, 1.165) is 0 Å². The molecule has 0 aliphatic heterocycles. The molecule has 2 saturated carbocycles. The van der Waals surface area contributed by atoms with Gasteiger partial charge in [-0.25, -0.2) is 16.8 Å². The van der Waals surface area contributed by atoms with Crippen molar-refractivity contribution in [1.29, 1.82) is 0 Å². The van der Waals surface area contributed by atoms with E-state index in [-0.39, 0.29) is 136 Å². The number of terminal acetylenes is 1. The fraction of sp³-hybridized carbons (Fsp3) is 0.529. The molecule has 54 heavy (non-hydrogen) atoms. The molecular weight excluding hydrogens is 774 g/mol. The Morgan fingerprint density at radius 2 is 0.963 bits per heavy atom. The maximum Gasteiger partial charge on any atom is 1.00 e. The number of aliphatic hydroxyl groups excluding tert-OH is 8. The Labute approximate surface area is 355 Å². The van der Waals surface area contributed by atoms with E-state index >= 15 is 0 Å². The van der Waals surface area contributed by atoms with Crippen LogP contribution in [0.2, 0.25) is 0 Å².